The lowest BCUT2D eigenvalue weighted by Crippen LogP contribution is -2.32. The highest BCUT2D eigenvalue weighted by molar-refractivity contribution is 5.93. The number of carbonyl (C=O) groups excluding carboxylic acids is 2. The summed E-state index contributed by atoms with van der Waals surface area (Å²) < 4.78 is 5.38. The number of hydrogen-bond donors (Lipinski definition) is 1. The van der Waals surface area contributed by atoms with Gasteiger partial charge in [0.2, 0.25) is 11.8 Å². The second kappa shape index (κ2) is 5.63. The van der Waals surface area contributed by atoms with E-state index in [9.17, 15) is 9.59 Å². The number of primary amides is 1. The molecule has 6 heteroatoms. The number of oxazole rings is 1. The van der Waals surface area contributed by atoms with Gasteiger partial charge in [-0.15, -0.1) is 0 Å². The molecule has 1 aliphatic rings. The van der Waals surface area contributed by atoms with Crippen LogP contribution >= 0.6 is 0 Å². The molecule has 0 unspecified atom stereocenters. The van der Waals surface area contributed by atoms with Crippen LogP contribution in [0.1, 0.15) is 17.4 Å². The van der Waals surface area contributed by atoms with E-state index in [1.54, 1.807) is 4.90 Å². The molecule has 1 aliphatic heterocycles. The van der Waals surface area contributed by atoms with E-state index in [2.05, 4.69) is 4.98 Å². The van der Waals surface area contributed by atoms with E-state index in [1.165, 1.54) is 6.26 Å². The molecular weight excluding hydrogens is 282 g/mol. The van der Waals surface area contributed by atoms with E-state index in [0.29, 0.717) is 19.0 Å². The zero-order valence-electron chi connectivity index (χ0n) is 12.2. The maximum Gasteiger partial charge on any atom is 0.275 e. The van der Waals surface area contributed by atoms with Crippen LogP contribution in [-0.4, -0.2) is 34.8 Å². The van der Waals surface area contributed by atoms with E-state index < -0.39 is 0 Å². The molecule has 0 bridgehead atoms. The minimum Gasteiger partial charge on any atom is -0.444 e. The van der Waals surface area contributed by atoms with Crippen LogP contribution < -0.4 is 5.73 Å². The molecular formula is C16H17N3O3. The van der Waals surface area contributed by atoms with Gasteiger partial charge < -0.3 is 15.1 Å². The third-order valence-corrected chi connectivity index (χ3v) is 4.01. The molecule has 1 saturated heterocycles. The topological polar surface area (TPSA) is 89.4 Å². The van der Waals surface area contributed by atoms with Gasteiger partial charge in [-0.3, -0.25) is 9.59 Å². The van der Waals surface area contributed by atoms with Gasteiger partial charge in [-0.1, -0.05) is 25.1 Å². The molecule has 2 atom stereocenters. The van der Waals surface area contributed by atoms with Crippen molar-refractivity contribution >= 4 is 11.8 Å². The maximum absolute atomic E-state index is 12.5. The number of rotatable bonds is 3. The summed E-state index contributed by atoms with van der Waals surface area (Å²) >= 11 is 0. The largest absolute Gasteiger partial charge is 0.444 e. The Morgan fingerprint density at radius 2 is 2.00 bits per heavy atom. The zero-order valence-corrected chi connectivity index (χ0v) is 12.2. The van der Waals surface area contributed by atoms with Gasteiger partial charge in [0, 0.05) is 18.7 Å². The fraction of sp³-hybridized carbons (Fsp3) is 0.312. The summed E-state index contributed by atoms with van der Waals surface area (Å²) in [6.07, 6.45) is 1.35. The van der Waals surface area contributed by atoms with Crippen LogP contribution in [0, 0.1) is 11.8 Å². The molecule has 0 spiro atoms. The molecule has 22 heavy (non-hydrogen) atoms. The second-order valence-electron chi connectivity index (χ2n) is 5.60. The van der Waals surface area contributed by atoms with Crippen molar-refractivity contribution in [2.24, 2.45) is 17.6 Å². The fourth-order valence-electron chi connectivity index (χ4n) is 2.75. The summed E-state index contributed by atoms with van der Waals surface area (Å²) in [6.45, 7) is 2.75. The Kier molecular flexibility index (Phi) is 3.66. The van der Waals surface area contributed by atoms with Gasteiger partial charge in [0.05, 0.1) is 5.92 Å². The molecule has 2 amide bonds. The van der Waals surface area contributed by atoms with E-state index in [1.807, 2.05) is 37.3 Å². The number of aromatic nitrogens is 1. The Morgan fingerprint density at radius 3 is 2.64 bits per heavy atom. The number of amides is 2. The van der Waals surface area contributed by atoms with E-state index in [4.69, 9.17) is 10.2 Å². The van der Waals surface area contributed by atoms with E-state index >= 15 is 0 Å². The van der Waals surface area contributed by atoms with Crippen molar-refractivity contribution in [3.8, 4) is 11.5 Å². The number of nitrogens with two attached hydrogens (primary N) is 1. The number of likely N-dealkylation sites (tertiary alicyclic amines) is 1. The number of hydrogen-bond acceptors (Lipinski definition) is 4. The van der Waals surface area contributed by atoms with Crippen molar-refractivity contribution in [1.29, 1.82) is 0 Å². The Labute approximate surface area is 127 Å². The molecule has 6 nitrogen and oxygen atoms in total. The molecule has 1 aromatic carbocycles. The Balaban J connectivity index is 1.77. The predicted octanol–water partition coefficient (Wildman–Crippen LogP) is 1.53. The zero-order chi connectivity index (χ0) is 15.7. The van der Waals surface area contributed by atoms with E-state index in [-0.39, 0.29) is 29.3 Å². The molecule has 3 rings (SSSR count). The molecule has 2 heterocycles. The van der Waals surface area contributed by atoms with Crippen LogP contribution in [-0.2, 0) is 4.79 Å². The van der Waals surface area contributed by atoms with Crippen LogP contribution in [0.2, 0.25) is 0 Å². The van der Waals surface area contributed by atoms with Crippen molar-refractivity contribution in [2.45, 2.75) is 6.92 Å². The van der Waals surface area contributed by atoms with Gasteiger partial charge in [0.25, 0.3) is 5.91 Å². The maximum atomic E-state index is 12.5. The SMILES string of the molecule is C[C@@H]1CN(C(=O)c2coc(-c3ccccc3)n2)C[C@H]1C(N)=O. The monoisotopic (exact) mass is 299 g/mol. The first-order valence-electron chi connectivity index (χ1n) is 7.16. The Bertz CT molecular complexity index is 696. The fourth-order valence-corrected chi connectivity index (χ4v) is 2.75. The summed E-state index contributed by atoms with van der Waals surface area (Å²) in [5.74, 6) is -0.441. The average Bonchev–Trinajstić information content (AvgIpc) is 3.14. The van der Waals surface area contributed by atoms with Gasteiger partial charge in [0.15, 0.2) is 5.69 Å². The van der Waals surface area contributed by atoms with Gasteiger partial charge in [-0.2, -0.15) is 0 Å². The minimum atomic E-state index is -0.368. The Hall–Kier alpha value is -2.63. The highest BCUT2D eigenvalue weighted by Gasteiger charge is 2.36. The van der Waals surface area contributed by atoms with Gasteiger partial charge in [0.1, 0.15) is 6.26 Å². The third kappa shape index (κ3) is 2.59. The smallest absolute Gasteiger partial charge is 0.275 e. The first kappa shape index (κ1) is 14.3. The number of carbonyl (C=O) groups is 2. The summed E-state index contributed by atoms with van der Waals surface area (Å²) in [5, 5.41) is 0. The molecule has 0 radical (unpaired) electrons. The molecule has 114 valence electrons. The number of nitrogens with zero attached hydrogens (tertiary/aromatic N) is 2. The lowest BCUT2D eigenvalue weighted by molar-refractivity contribution is -0.122. The summed E-state index contributed by atoms with van der Waals surface area (Å²) in [4.78, 5) is 29.7. The van der Waals surface area contributed by atoms with Crippen molar-refractivity contribution < 1.29 is 14.0 Å². The first-order valence-corrected chi connectivity index (χ1v) is 7.16. The quantitative estimate of drug-likeness (QED) is 0.930. The summed E-state index contributed by atoms with van der Waals surface area (Å²) in [6, 6.07) is 9.37. The van der Waals surface area contributed by atoms with Crippen molar-refractivity contribution in [2.75, 3.05) is 13.1 Å². The highest BCUT2D eigenvalue weighted by Crippen LogP contribution is 2.25. The minimum absolute atomic E-state index is 0.0574. The van der Waals surface area contributed by atoms with Gasteiger partial charge >= 0.3 is 0 Å². The van der Waals surface area contributed by atoms with Crippen LogP contribution in [0.3, 0.4) is 0 Å². The predicted molar refractivity (Wildman–Crippen MR) is 79.7 cm³/mol. The van der Waals surface area contributed by atoms with Gasteiger partial charge in [-0.05, 0) is 18.1 Å². The normalized spacial score (nSPS) is 21.0. The van der Waals surface area contributed by atoms with E-state index in [0.717, 1.165) is 5.56 Å². The lowest BCUT2D eigenvalue weighted by Gasteiger charge is -2.13. The molecule has 0 aliphatic carbocycles. The van der Waals surface area contributed by atoms with Crippen molar-refractivity contribution in [1.82, 2.24) is 9.88 Å². The lowest BCUT2D eigenvalue weighted by atomic mass is 9.98. The average molecular weight is 299 g/mol. The van der Waals surface area contributed by atoms with Gasteiger partial charge in [-0.25, -0.2) is 4.98 Å². The standard InChI is InChI=1S/C16H17N3O3/c1-10-7-19(8-12(10)14(17)20)16(21)13-9-22-15(18-13)11-5-3-2-4-6-11/h2-6,9-10,12H,7-8H2,1H3,(H2,17,20)/t10-,12-/m1/s1. The summed E-state index contributed by atoms with van der Waals surface area (Å²) in [5.41, 5.74) is 6.42. The van der Waals surface area contributed by atoms with Crippen molar-refractivity contribution in [3.05, 3.63) is 42.3 Å². The van der Waals surface area contributed by atoms with Crippen LogP contribution in [0.4, 0.5) is 0 Å². The van der Waals surface area contributed by atoms with Crippen molar-refractivity contribution in [3.63, 3.8) is 0 Å². The molecule has 1 fully saturated rings. The summed E-state index contributed by atoms with van der Waals surface area (Å²) in [7, 11) is 0. The highest BCUT2D eigenvalue weighted by atomic mass is 16.3. The van der Waals surface area contributed by atoms with Crippen LogP contribution in [0.25, 0.3) is 11.5 Å². The second-order valence-corrected chi connectivity index (χ2v) is 5.60. The first-order chi connectivity index (χ1) is 10.6. The van der Waals surface area contributed by atoms with Crippen LogP contribution in [0.5, 0.6) is 0 Å². The number of benzene rings is 1. The molecule has 1 aromatic heterocycles. The third-order valence-electron chi connectivity index (χ3n) is 4.01. The van der Waals surface area contributed by atoms with Crippen LogP contribution in [0.15, 0.2) is 41.0 Å². The molecule has 2 aromatic rings. The molecule has 2 N–H and O–H groups in total. The Morgan fingerprint density at radius 1 is 1.27 bits per heavy atom. The molecule has 0 saturated carbocycles.